The molecule has 4 aromatic rings. The number of fused-ring (bicyclic) bond motifs is 1. The Bertz CT molecular complexity index is 1320. The number of carbonyl (C=O) groups excluding carboxylic acids is 2. The van der Waals surface area contributed by atoms with Gasteiger partial charge < -0.3 is 15.3 Å². The van der Waals surface area contributed by atoms with Crippen LogP contribution in [0.2, 0.25) is 0 Å². The smallest absolute Gasteiger partial charge is 0.258 e. The molecule has 172 valence electrons. The molecule has 2 N–H and O–H groups in total. The number of rotatable bonds is 6. The van der Waals surface area contributed by atoms with Gasteiger partial charge in [-0.25, -0.2) is 0 Å². The van der Waals surface area contributed by atoms with Crippen LogP contribution in [-0.4, -0.2) is 44.2 Å². The minimum Gasteiger partial charge on any atom is -0.506 e. The second-order valence-electron chi connectivity index (χ2n) is 8.58. The van der Waals surface area contributed by atoms with Crippen molar-refractivity contribution in [1.82, 2.24) is 20.0 Å². The van der Waals surface area contributed by atoms with E-state index in [2.05, 4.69) is 10.4 Å². The van der Waals surface area contributed by atoms with Gasteiger partial charge in [-0.05, 0) is 41.5 Å². The second-order valence-corrected chi connectivity index (χ2v) is 8.58. The molecule has 5 rings (SSSR count). The van der Waals surface area contributed by atoms with Crippen molar-refractivity contribution in [2.45, 2.75) is 32.0 Å². The van der Waals surface area contributed by atoms with Crippen LogP contribution in [0.4, 0.5) is 0 Å². The van der Waals surface area contributed by atoms with Crippen molar-refractivity contribution in [1.29, 1.82) is 0 Å². The molecule has 1 unspecified atom stereocenters. The maximum absolute atomic E-state index is 13.2. The molecule has 0 bridgehead atoms. The van der Waals surface area contributed by atoms with E-state index >= 15 is 0 Å². The van der Waals surface area contributed by atoms with Gasteiger partial charge in [0.2, 0.25) is 5.91 Å². The Kier molecular flexibility index (Phi) is 5.99. The van der Waals surface area contributed by atoms with Gasteiger partial charge in [0.1, 0.15) is 11.8 Å². The fraction of sp³-hybridized carbons (Fsp3) is 0.222. The summed E-state index contributed by atoms with van der Waals surface area (Å²) in [6.45, 7) is 1.58. The van der Waals surface area contributed by atoms with Gasteiger partial charge in [-0.3, -0.25) is 14.3 Å². The zero-order chi connectivity index (χ0) is 23.5. The molecule has 1 aliphatic rings. The van der Waals surface area contributed by atoms with Crippen molar-refractivity contribution < 1.29 is 14.7 Å². The summed E-state index contributed by atoms with van der Waals surface area (Å²) in [5.74, 6) is -0.528. The number of nitrogens with zero attached hydrogens (tertiary/aromatic N) is 3. The predicted molar refractivity (Wildman–Crippen MR) is 129 cm³/mol. The third-order valence-corrected chi connectivity index (χ3v) is 6.34. The van der Waals surface area contributed by atoms with Gasteiger partial charge in [-0.15, -0.1) is 0 Å². The maximum atomic E-state index is 13.2. The number of hydrogen-bond donors (Lipinski definition) is 2. The van der Waals surface area contributed by atoms with Crippen LogP contribution in [0.5, 0.6) is 5.75 Å². The van der Waals surface area contributed by atoms with Crippen LogP contribution >= 0.6 is 0 Å². The molecule has 7 heteroatoms. The van der Waals surface area contributed by atoms with Crippen LogP contribution < -0.4 is 5.32 Å². The van der Waals surface area contributed by atoms with E-state index < -0.39 is 6.04 Å². The monoisotopic (exact) mass is 454 g/mol. The largest absolute Gasteiger partial charge is 0.506 e. The number of phenolic OH excluding ortho intramolecular Hbond substituents is 1. The molecule has 3 aromatic carbocycles. The molecular weight excluding hydrogens is 428 g/mol. The fourth-order valence-electron chi connectivity index (χ4n) is 4.52. The average molecular weight is 455 g/mol. The molecule has 1 saturated heterocycles. The van der Waals surface area contributed by atoms with E-state index in [1.54, 1.807) is 23.2 Å². The van der Waals surface area contributed by atoms with Crippen LogP contribution in [-0.2, 0) is 17.9 Å². The summed E-state index contributed by atoms with van der Waals surface area (Å²) in [6, 6.07) is 20.2. The van der Waals surface area contributed by atoms with Crippen LogP contribution in [0, 0.1) is 0 Å². The standard InChI is InChI=1S/C27H26N4O3/c32-25-22-6-2-1-5-21(22)12-13-23(25)27(34)31-16-3-7-24(31)26(33)28-17-19-8-10-20(11-9-19)18-30-15-4-14-29-30/h1-2,4-6,8-15,24,32H,3,7,16-18H2,(H,28,33). The summed E-state index contributed by atoms with van der Waals surface area (Å²) in [5.41, 5.74) is 2.34. The van der Waals surface area contributed by atoms with Crippen molar-refractivity contribution in [3.8, 4) is 5.75 Å². The number of amides is 2. The summed E-state index contributed by atoms with van der Waals surface area (Å²) in [6.07, 6.45) is 5.03. The number of carbonyl (C=O) groups is 2. The lowest BCUT2D eigenvalue weighted by Crippen LogP contribution is -2.45. The molecule has 34 heavy (non-hydrogen) atoms. The molecule has 2 heterocycles. The van der Waals surface area contributed by atoms with Gasteiger partial charge in [0.25, 0.3) is 5.91 Å². The first-order chi connectivity index (χ1) is 16.6. The Morgan fingerprint density at radius 3 is 2.59 bits per heavy atom. The summed E-state index contributed by atoms with van der Waals surface area (Å²) < 4.78 is 1.86. The first-order valence-corrected chi connectivity index (χ1v) is 11.4. The lowest BCUT2D eigenvalue weighted by Gasteiger charge is -2.24. The van der Waals surface area contributed by atoms with E-state index in [-0.39, 0.29) is 23.1 Å². The quantitative estimate of drug-likeness (QED) is 0.465. The molecule has 2 amide bonds. The summed E-state index contributed by atoms with van der Waals surface area (Å²) in [5, 5.41) is 19.4. The van der Waals surface area contributed by atoms with Gasteiger partial charge in [0.15, 0.2) is 0 Å². The van der Waals surface area contributed by atoms with Crippen molar-refractivity contribution in [2.24, 2.45) is 0 Å². The summed E-state index contributed by atoms with van der Waals surface area (Å²) in [7, 11) is 0. The van der Waals surface area contributed by atoms with E-state index in [0.29, 0.717) is 31.4 Å². The predicted octanol–water partition coefficient (Wildman–Crippen LogP) is 3.71. The van der Waals surface area contributed by atoms with Crippen molar-refractivity contribution in [2.75, 3.05) is 6.54 Å². The van der Waals surface area contributed by atoms with E-state index in [1.807, 2.05) is 65.5 Å². The van der Waals surface area contributed by atoms with Gasteiger partial charge in [0, 0.05) is 30.9 Å². The molecular formula is C27H26N4O3. The van der Waals surface area contributed by atoms with E-state index in [0.717, 1.165) is 22.9 Å². The first kappa shape index (κ1) is 21.7. The number of phenols is 1. The average Bonchev–Trinajstić information content (AvgIpc) is 3.56. The van der Waals surface area contributed by atoms with E-state index in [4.69, 9.17) is 0 Å². The molecule has 1 aliphatic heterocycles. The number of nitrogens with one attached hydrogen (secondary N) is 1. The topological polar surface area (TPSA) is 87.5 Å². The maximum Gasteiger partial charge on any atom is 0.258 e. The van der Waals surface area contributed by atoms with Crippen molar-refractivity contribution >= 4 is 22.6 Å². The normalized spacial score (nSPS) is 15.5. The molecule has 1 fully saturated rings. The van der Waals surface area contributed by atoms with Crippen LogP contribution in [0.3, 0.4) is 0 Å². The Labute approximate surface area is 197 Å². The Balaban J connectivity index is 1.23. The fourth-order valence-corrected chi connectivity index (χ4v) is 4.52. The second kappa shape index (κ2) is 9.39. The number of hydrogen-bond acceptors (Lipinski definition) is 4. The van der Waals surface area contributed by atoms with Gasteiger partial charge in [-0.1, -0.05) is 54.6 Å². The molecule has 1 atom stereocenters. The molecule has 0 spiro atoms. The third-order valence-electron chi connectivity index (χ3n) is 6.34. The summed E-state index contributed by atoms with van der Waals surface area (Å²) in [4.78, 5) is 27.8. The highest BCUT2D eigenvalue weighted by molar-refractivity contribution is 6.05. The Morgan fingerprint density at radius 2 is 1.79 bits per heavy atom. The molecule has 0 aliphatic carbocycles. The first-order valence-electron chi connectivity index (χ1n) is 11.4. The number of likely N-dealkylation sites (tertiary alicyclic amines) is 1. The number of benzene rings is 3. The Hall–Kier alpha value is -4.13. The van der Waals surface area contributed by atoms with E-state index in [9.17, 15) is 14.7 Å². The highest BCUT2D eigenvalue weighted by Gasteiger charge is 2.35. The van der Waals surface area contributed by atoms with Crippen LogP contribution in [0.25, 0.3) is 10.8 Å². The zero-order valence-corrected chi connectivity index (χ0v) is 18.7. The SMILES string of the molecule is O=C(NCc1ccc(Cn2cccn2)cc1)C1CCCN1C(=O)c1ccc2ccccc2c1O. The lowest BCUT2D eigenvalue weighted by molar-refractivity contribution is -0.125. The Morgan fingerprint density at radius 1 is 1.00 bits per heavy atom. The zero-order valence-electron chi connectivity index (χ0n) is 18.7. The van der Waals surface area contributed by atoms with Gasteiger partial charge in [-0.2, -0.15) is 5.10 Å². The van der Waals surface area contributed by atoms with Gasteiger partial charge >= 0.3 is 0 Å². The number of aromatic nitrogens is 2. The lowest BCUT2D eigenvalue weighted by atomic mass is 10.0. The van der Waals surface area contributed by atoms with Crippen molar-refractivity contribution in [3.05, 3.63) is 95.8 Å². The van der Waals surface area contributed by atoms with Crippen LogP contribution in [0.15, 0.2) is 79.1 Å². The minimum atomic E-state index is -0.544. The van der Waals surface area contributed by atoms with Crippen LogP contribution in [0.1, 0.15) is 34.3 Å². The van der Waals surface area contributed by atoms with Gasteiger partial charge in [0.05, 0.1) is 12.1 Å². The molecule has 1 aromatic heterocycles. The highest BCUT2D eigenvalue weighted by Crippen LogP contribution is 2.31. The van der Waals surface area contributed by atoms with E-state index in [1.165, 1.54) is 0 Å². The number of aromatic hydroxyl groups is 1. The third kappa shape index (κ3) is 4.37. The summed E-state index contributed by atoms with van der Waals surface area (Å²) >= 11 is 0. The minimum absolute atomic E-state index is 0.0376. The van der Waals surface area contributed by atoms with Crippen molar-refractivity contribution in [3.63, 3.8) is 0 Å². The molecule has 7 nitrogen and oxygen atoms in total. The highest BCUT2D eigenvalue weighted by atomic mass is 16.3. The molecule has 0 radical (unpaired) electrons. The molecule has 0 saturated carbocycles.